The number of hydrogen-bond acceptors (Lipinski definition) is 3. The molecular formula is C18H19ClN4O2. The number of urea groups is 1. The minimum absolute atomic E-state index is 0.0401. The van der Waals surface area contributed by atoms with Gasteiger partial charge in [-0.3, -0.25) is 9.78 Å². The molecule has 6 nitrogen and oxygen atoms in total. The Bertz CT molecular complexity index is 805. The van der Waals surface area contributed by atoms with Crippen molar-refractivity contribution in [3.8, 4) is 0 Å². The first-order chi connectivity index (χ1) is 12.0. The molecule has 0 atom stereocenters. The van der Waals surface area contributed by atoms with Gasteiger partial charge in [-0.25, -0.2) is 4.79 Å². The molecule has 1 aromatic carbocycles. The van der Waals surface area contributed by atoms with Crippen LogP contribution in [0, 0.1) is 0 Å². The lowest BCUT2D eigenvalue weighted by molar-refractivity contribution is 0.102. The number of aromatic nitrogens is 1. The Labute approximate surface area is 151 Å². The molecule has 1 aromatic heterocycles. The van der Waals surface area contributed by atoms with Gasteiger partial charge in [0.05, 0.1) is 5.56 Å². The highest BCUT2D eigenvalue weighted by Crippen LogP contribution is 2.23. The Balaban J connectivity index is 1.80. The van der Waals surface area contributed by atoms with Crippen molar-refractivity contribution in [2.75, 3.05) is 26.0 Å². The molecule has 3 rings (SSSR count). The number of rotatable bonds is 2. The number of benzene rings is 1. The normalized spacial score (nSPS) is 13.2. The smallest absolute Gasteiger partial charge is 0.319 e. The van der Waals surface area contributed by atoms with Crippen LogP contribution in [0.5, 0.6) is 0 Å². The summed E-state index contributed by atoms with van der Waals surface area (Å²) < 4.78 is 0. The summed E-state index contributed by atoms with van der Waals surface area (Å²) in [4.78, 5) is 32.2. The van der Waals surface area contributed by atoms with Crippen LogP contribution in [0.3, 0.4) is 0 Å². The van der Waals surface area contributed by atoms with Crippen molar-refractivity contribution in [3.63, 3.8) is 0 Å². The average molecular weight is 359 g/mol. The number of nitrogens with zero attached hydrogens (tertiary/aromatic N) is 3. The van der Waals surface area contributed by atoms with Crippen LogP contribution in [0.25, 0.3) is 0 Å². The molecule has 0 radical (unpaired) electrons. The average Bonchev–Trinajstić information content (AvgIpc) is 2.61. The van der Waals surface area contributed by atoms with Gasteiger partial charge in [0, 0.05) is 50.3 Å². The van der Waals surface area contributed by atoms with E-state index in [0.29, 0.717) is 35.8 Å². The van der Waals surface area contributed by atoms with Crippen LogP contribution in [0.15, 0.2) is 36.7 Å². The molecule has 25 heavy (non-hydrogen) atoms. The molecule has 0 bridgehead atoms. The van der Waals surface area contributed by atoms with Gasteiger partial charge in [-0.2, -0.15) is 0 Å². The highest BCUT2D eigenvalue weighted by Gasteiger charge is 2.25. The maximum atomic E-state index is 12.6. The fourth-order valence-electron chi connectivity index (χ4n) is 2.87. The van der Waals surface area contributed by atoms with Crippen LogP contribution in [-0.4, -0.2) is 47.4 Å². The summed E-state index contributed by atoms with van der Waals surface area (Å²) in [6.07, 6.45) is 3.93. The van der Waals surface area contributed by atoms with Crippen molar-refractivity contribution in [1.82, 2.24) is 14.8 Å². The summed E-state index contributed by atoms with van der Waals surface area (Å²) in [5.41, 5.74) is 3.08. The molecule has 0 fully saturated rings. The van der Waals surface area contributed by atoms with Crippen molar-refractivity contribution >= 4 is 29.2 Å². The number of anilines is 1. The standard InChI is InChI=1S/C18H19ClN4O2/c1-22(2)18(25)23-8-7-15-12(11-23)9-20-10-16(15)17(24)21-14-5-3-13(19)4-6-14/h3-6,9-10H,7-8,11H2,1-2H3,(H,21,24). The molecule has 0 saturated carbocycles. The van der Waals surface area contributed by atoms with Crippen molar-refractivity contribution in [2.45, 2.75) is 13.0 Å². The van der Waals surface area contributed by atoms with Gasteiger partial charge >= 0.3 is 6.03 Å². The first-order valence-corrected chi connectivity index (χ1v) is 8.32. The quantitative estimate of drug-likeness (QED) is 0.897. The summed E-state index contributed by atoms with van der Waals surface area (Å²) >= 11 is 5.86. The molecule has 130 valence electrons. The zero-order valence-electron chi connectivity index (χ0n) is 14.1. The zero-order valence-corrected chi connectivity index (χ0v) is 14.9. The lowest BCUT2D eigenvalue weighted by Crippen LogP contribution is -2.42. The van der Waals surface area contributed by atoms with Gasteiger partial charge < -0.3 is 15.1 Å². The third kappa shape index (κ3) is 3.74. The number of pyridine rings is 1. The summed E-state index contributed by atoms with van der Waals surface area (Å²) in [5.74, 6) is -0.209. The molecule has 1 N–H and O–H groups in total. The second-order valence-electron chi connectivity index (χ2n) is 6.13. The monoisotopic (exact) mass is 358 g/mol. The van der Waals surface area contributed by atoms with Gasteiger partial charge in [0.2, 0.25) is 0 Å². The van der Waals surface area contributed by atoms with E-state index < -0.39 is 0 Å². The second kappa shape index (κ2) is 7.11. The summed E-state index contributed by atoms with van der Waals surface area (Å²) in [6.45, 7) is 1.04. The Hall–Kier alpha value is -2.60. The number of amides is 3. The van der Waals surface area contributed by atoms with E-state index in [2.05, 4.69) is 10.3 Å². The Morgan fingerprint density at radius 2 is 1.92 bits per heavy atom. The minimum atomic E-state index is -0.209. The van der Waals surface area contributed by atoms with E-state index in [4.69, 9.17) is 11.6 Å². The fourth-order valence-corrected chi connectivity index (χ4v) is 2.99. The van der Waals surface area contributed by atoms with Gasteiger partial charge in [0.25, 0.3) is 5.91 Å². The SMILES string of the molecule is CN(C)C(=O)N1CCc2c(cncc2C(=O)Nc2ccc(Cl)cc2)C1. The number of halogens is 1. The molecule has 0 spiro atoms. The minimum Gasteiger partial charge on any atom is -0.331 e. The third-order valence-electron chi connectivity index (χ3n) is 4.14. The Kier molecular flexibility index (Phi) is 4.90. The van der Waals surface area contributed by atoms with Crippen molar-refractivity contribution in [1.29, 1.82) is 0 Å². The second-order valence-corrected chi connectivity index (χ2v) is 6.57. The highest BCUT2D eigenvalue weighted by molar-refractivity contribution is 6.30. The van der Waals surface area contributed by atoms with E-state index in [0.717, 1.165) is 11.1 Å². The number of carbonyl (C=O) groups excluding carboxylic acids is 2. The molecule has 3 amide bonds. The van der Waals surface area contributed by atoms with Gasteiger partial charge in [0.15, 0.2) is 0 Å². The van der Waals surface area contributed by atoms with Crippen molar-refractivity contribution in [2.24, 2.45) is 0 Å². The molecule has 0 aliphatic carbocycles. The van der Waals surface area contributed by atoms with Gasteiger partial charge in [-0.1, -0.05) is 11.6 Å². The molecule has 0 saturated heterocycles. The van der Waals surface area contributed by atoms with E-state index in [1.165, 1.54) is 0 Å². The number of fused-ring (bicyclic) bond motifs is 1. The first-order valence-electron chi connectivity index (χ1n) is 7.94. The van der Waals surface area contributed by atoms with Crippen molar-refractivity contribution in [3.05, 3.63) is 58.4 Å². The molecule has 2 heterocycles. The lowest BCUT2D eigenvalue weighted by atomic mass is 9.97. The van der Waals surface area contributed by atoms with Gasteiger partial charge in [0.1, 0.15) is 0 Å². The Morgan fingerprint density at radius 3 is 2.60 bits per heavy atom. The predicted octanol–water partition coefficient (Wildman–Crippen LogP) is 3.03. The molecular weight excluding hydrogens is 340 g/mol. The van der Waals surface area contributed by atoms with E-state index in [1.54, 1.807) is 60.6 Å². The van der Waals surface area contributed by atoms with Crippen LogP contribution < -0.4 is 5.32 Å². The zero-order chi connectivity index (χ0) is 18.0. The summed E-state index contributed by atoms with van der Waals surface area (Å²) in [5, 5.41) is 3.47. The van der Waals surface area contributed by atoms with E-state index in [9.17, 15) is 9.59 Å². The summed E-state index contributed by atoms with van der Waals surface area (Å²) in [6, 6.07) is 6.91. The highest BCUT2D eigenvalue weighted by atomic mass is 35.5. The van der Waals surface area contributed by atoms with Crippen LogP contribution in [-0.2, 0) is 13.0 Å². The predicted molar refractivity (Wildman–Crippen MR) is 96.8 cm³/mol. The largest absolute Gasteiger partial charge is 0.331 e. The van der Waals surface area contributed by atoms with Crippen LogP contribution in [0.2, 0.25) is 5.02 Å². The molecule has 0 unspecified atom stereocenters. The third-order valence-corrected chi connectivity index (χ3v) is 4.39. The fraction of sp³-hybridized carbons (Fsp3) is 0.278. The molecule has 1 aliphatic heterocycles. The van der Waals surface area contributed by atoms with Gasteiger partial charge in [-0.15, -0.1) is 0 Å². The number of carbonyl (C=O) groups is 2. The van der Waals surface area contributed by atoms with Crippen LogP contribution in [0.1, 0.15) is 21.5 Å². The Morgan fingerprint density at radius 1 is 1.20 bits per heavy atom. The number of hydrogen-bond donors (Lipinski definition) is 1. The van der Waals surface area contributed by atoms with E-state index in [-0.39, 0.29) is 11.9 Å². The van der Waals surface area contributed by atoms with Crippen LogP contribution in [0.4, 0.5) is 10.5 Å². The molecule has 1 aliphatic rings. The lowest BCUT2D eigenvalue weighted by Gasteiger charge is -2.31. The number of nitrogens with one attached hydrogen (secondary N) is 1. The topological polar surface area (TPSA) is 65.5 Å². The maximum Gasteiger partial charge on any atom is 0.319 e. The summed E-state index contributed by atoms with van der Waals surface area (Å²) in [7, 11) is 3.46. The molecule has 7 heteroatoms. The van der Waals surface area contributed by atoms with Crippen LogP contribution >= 0.6 is 11.6 Å². The molecule has 2 aromatic rings. The van der Waals surface area contributed by atoms with Gasteiger partial charge in [-0.05, 0) is 41.8 Å². The van der Waals surface area contributed by atoms with E-state index in [1.807, 2.05) is 0 Å². The van der Waals surface area contributed by atoms with Crippen molar-refractivity contribution < 1.29 is 9.59 Å². The maximum absolute atomic E-state index is 12.6. The van der Waals surface area contributed by atoms with E-state index >= 15 is 0 Å². The first kappa shape index (κ1) is 17.2.